The number of carbonyl (C=O) groups is 1. The highest BCUT2D eigenvalue weighted by atomic mass is 16.5. The van der Waals surface area contributed by atoms with Gasteiger partial charge in [0.05, 0.1) is 19.3 Å². The van der Waals surface area contributed by atoms with Crippen molar-refractivity contribution in [2.75, 3.05) is 20.2 Å². The zero-order valence-corrected chi connectivity index (χ0v) is 17.1. The van der Waals surface area contributed by atoms with E-state index >= 15 is 0 Å². The minimum absolute atomic E-state index is 0.0758. The molecule has 0 saturated carbocycles. The zero-order chi connectivity index (χ0) is 21.2. The van der Waals surface area contributed by atoms with Crippen LogP contribution in [0.4, 0.5) is 0 Å². The van der Waals surface area contributed by atoms with E-state index in [1.165, 1.54) is 0 Å². The summed E-state index contributed by atoms with van der Waals surface area (Å²) < 4.78 is 11.6. The van der Waals surface area contributed by atoms with Crippen LogP contribution in [-0.2, 0) is 0 Å². The lowest BCUT2D eigenvalue weighted by atomic mass is 10.1. The Kier molecular flexibility index (Phi) is 5.00. The molecule has 1 aliphatic heterocycles. The normalized spacial score (nSPS) is 15.9. The standard InChI is InChI=1S/C24H22N4O3/c1-30-21-9-3-2-8-18(21)19-14-20(27-26-19)24(29)28-13-11-17(15-28)31-22-10-4-6-16-7-5-12-25-23(16)22/h2-10,12,14,17H,11,13,15H2,1H3,(H,26,27)/t17-/m1/s1. The summed E-state index contributed by atoms with van der Waals surface area (Å²) in [5.41, 5.74) is 2.80. The number of fused-ring (bicyclic) bond motifs is 1. The van der Waals surface area contributed by atoms with Gasteiger partial charge in [0.15, 0.2) is 0 Å². The maximum absolute atomic E-state index is 13.0. The summed E-state index contributed by atoms with van der Waals surface area (Å²) in [5, 5.41) is 8.22. The monoisotopic (exact) mass is 414 g/mol. The van der Waals surface area contributed by atoms with Gasteiger partial charge in [0.2, 0.25) is 0 Å². The van der Waals surface area contributed by atoms with E-state index in [1.54, 1.807) is 24.3 Å². The number of nitrogens with one attached hydrogen (secondary N) is 1. The van der Waals surface area contributed by atoms with Crippen molar-refractivity contribution in [1.82, 2.24) is 20.1 Å². The second kappa shape index (κ2) is 8.10. The van der Waals surface area contributed by atoms with E-state index in [4.69, 9.17) is 9.47 Å². The summed E-state index contributed by atoms with van der Waals surface area (Å²) in [6, 6.07) is 19.2. The lowest BCUT2D eigenvalue weighted by Crippen LogP contribution is -2.31. The molecule has 0 aliphatic carbocycles. The number of carbonyl (C=O) groups excluding carboxylic acids is 1. The van der Waals surface area contributed by atoms with Gasteiger partial charge in [-0.3, -0.25) is 14.9 Å². The number of methoxy groups -OCH3 is 1. The average Bonchev–Trinajstić information content (AvgIpc) is 3.49. The van der Waals surface area contributed by atoms with Crippen molar-refractivity contribution in [1.29, 1.82) is 0 Å². The Morgan fingerprint density at radius 3 is 2.84 bits per heavy atom. The Labute approximate surface area is 179 Å². The largest absolute Gasteiger partial charge is 0.496 e. The van der Waals surface area contributed by atoms with Gasteiger partial charge < -0.3 is 14.4 Å². The molecule has 1 atom stereocenters. The Morgan fingerprint density at radius 2 is 1.94 bits per heavy atom. The van der Waals surface area contributed by atoms with Crippen LogP contribution in [0, 0.1) is 0 Å². The van der Waals surface area contributed by atoms with Crippen molar-refractivity contribution in [3.63, 3.8) is 0 Å². The van der Waals surface area contributed by atoms with Crippen molar-refractivity contribution < 1.29 is 14.3 Å². The second-order valence-corrected chi connectivity index (χ2v) is 7.48. The first kappa shape index (κ1) is 19.1. The molecule has 2 aromatic carbocycles. The summed E-state index contributed by atoms with van der Waals surface area (Å²) in [5.74, 6) is 1.37. The third kappa shape index (κ3) is 3.70. The number of hydrogen-bond acceptors (Lipinski definition) is 5. The molecule has 1 amide bonds. The zero-order valence-electron chi connectivity index (χ0n) is 17.1. The molecule has 4 aromatic rings. The van der Waals surface area contributed by atoms with E-state index in [0.29, 0.717) is 30.2 Å². The Bertz CT molecular complexity index is 1230. The minimum atomic E-state index is -0.0872. The first-order valence-electron chi connectivity index (χ1n) is 10.2. The molecule has 2 aromatic heterocycles. The third-order valence-corrected chi connectivity index (χ3v) is 5.51. The molecule has 3 heterocycles. The van der Waals surface area contributed by atoms with E-state index in [2.05, 4.69) is 15.2 Å². The van der Waals surface area contributed by atoms with Crippen LogP contribution in [0.1, 0.15) is 16.9 Å². The van der Waals surface area contributed by atoms with Crippen LogP contribution in [-0.4, -0.2) is 52.3 Å². The molecule has 156 valence electrons. The smallest absolute Gasteiger partial charge is 0.272 e. The van der Waals surface area contributed by atoms with Gasteiger partial charge in [-0.2, -0.15) is 5.10 Å². The molecule has 0 unspecified atom stereocenters. The number of para-hydroxylation sites is 2. The fourth-order valence-electron chi connectivity index (χ4n) is 3.96. The summed E-state index contributed by atoms with van der Waals surface area (Å²) in [7, 11) is 1.62. The Balaban J connectivity index is 1.29. The van der Waals surface area contributed by atoms with Gasteiger partial charge in [0, 0.05) is 30.1 Å². The first-order chi connectivity index (χ1) is 15.2. The highest BCUT2D eigenvalue weighted by Crippen LogP contribution is 2.29. The fraction of sp³-hybridized carbons (Fsp3) is 0.208. The lowest BCUT2D eigenvalue weighted by Gasteiger charge is -2.17. The van der Waals surface area contributed by atoms with Gasteiger partial charge >= 0.3 is 0 Å². The van der Waals surface area contributed by atoms with E-state index in [0.717, 1.165) is 28.6 Å². The van der Waals surface area contributed by atoms with Crippen molar-refractivity contribution in [2.45, 2.75) is 12.5 Å². The van der Waals surface area contributed by atoms with Gasteiger partial charge in [-0.1, -0.05) is 30.3 Å². The van der Waals surface area contributed by atoms with Crippen LogP contribution < -0.4 is 9.47 Å². The van der Waals surface area contributed by atoms with E-state index in [-0.39, 0.29) is 12.0 Å². The number of rotatable bonds is 5. The molecule has 1 aliphatic rings. The van der Waals surface area contributed by atoms with E-state index in [9.17, 15) is 4.79 Å². The number of aromatic amines is 1. The van der Waals surface area contributed by atoms with Crippen LogP contribution in [0.15, 0.2) is 66.9 Å². The van der Waals surface area contributed by atoms with Crippen molar-refractivity contribution in [3.05, 3.63) is 72.6 Å². The number of likely N-dealkylation sites (tertiary alicyclic amines) is 1. The maximum Gasteiger partial charge on any atom is 0.272 e. The first-order valence-corrected chi connectivity index (χ1v) is 10.2. The quantitative estimate of drug-likeness (QED) is 0.535. The molecular weight excluding hydrogens is 392 g/mol. The van der Waals surface area contributed by atoms with E-state index in [1.807, 2.05) is 54.6 Å². The highest BCUT2D eigenvalue weighted by Gasteiger charge is 2.30. The molecule has 31 heavy (non-hydrogen) atoms. The molecule has 1 N–H and O–H groups in total. The molecule has 5 rings (SSSR count). The molecular formula is C24H22N4O3. The number of hydrogen-bond donors (Lipinski definition) is 1. The molecule has 7 heteroatoms. The summed E-state index contributed by atoms with van der Waals surface area (Å²) >= 11 is 0. The predicted octanol–water partition coefficient (Wildman–Crippen LogP) is 3.93. The highest BCUT2D eigenvalue weighted by molar-refractivity contribution is 5.93. The molecule has 0 spiro atoms. The second-order valence-electron chi connectivity index (χ2n) is 7.48. The third-order valence-electron chi connectivity index (χ3n) is 5.51. The van der Waals surface area contributed by atoms with Gasteiger partial charge in [-0.05, 0) is 30.3 Å². The van der Waals surface area contributed by atoms with Gasteiger partial charge in [-0.15, -0.1) is 0 Å². The summed E-state index contributed by atoms with van der Waals surface area (Å²) in [6.45, 7) is 1.15. The minimum Gasteiger partial charge on any atom is -0.496 e. The van der Waals surface area contributed by atoms with Crippen LogP contribution in [0.5, 0.6) is 11.5 Å². The number of H-pyrrole nitrogens is 1. The lowest BCUT2D eigenvalue weighted by molar-refractivity contribution is 0.0767. The average molecular weight is 414 g/mol. The molecule has 0 bridgehead atoms. The van der Waals surface area contributed by atoms with Gasteiger partial charge in [0.1, 0.15) is 28.8 Å². The molecule has 7 nitrogen and oxygen atoms in total. The number of ether oxygens (including phenoxy) is 2. The number of benzene rings is 2. The Hall–Kier alpha value is -3.87. The SMILES string of the molecule is COc1ccccc1-c1cc(C(=O)N2CC[C@@H](Oc3cccc4cccnc34)C2)[nH]n1. The van der Waals surface area contributed by atoms with E-state index < -0.39 is 0 Å². The topological polar surface area (TPSA) is 80.3 Å². The van der Waals surface area contributed by atoms with Crippen LogP contribution in [0.2, 0.25) is 0 Å². The molecule has 1 fully saturated rings. The van der Waals surface area contributed by atoms with Gasteiger partial charge in [-0.25, -0.2) is 0 Å². The fourth-order valence-corrected chi connectivity index (χ4v) is 3.96. The van der Waals surface area contributed by atoms with Crippen LogP contribution >= 0.6 is 0 Å². The number of amides is 1. The maximum atomic E-state index is 13.0. The van der Waals surface area contributed by atoms with Crippen molar-refractivity contribution in [3.8, 4) is 22.8 Å². The summed E-state index contributed by atoms with van der Waals surface area (Å²) in [6.07, 6.45) is 2.45. The van der Waals surface area contributed by atoms with Crippen molar-refractivity contribution >= 4 is 16.8 Å². The summed E-state index contributed by atoms with van der Waals surface area (Å²) in [4.78, 5) is 19.2. The number of nitrogens with zero attached hydrogens (tertiary/aromatic N) is 3. The number of pyridine rings is 1. The number of aromatic nitrogens is 3. The van der Waals surface area contributed by atoms with Crippen molar-refractivity contribution in [2.24, 2.45) is 0 Å². The van der Waals surface area contributed by atoms with Crippen LogP contribution in [0.25, 0.3) is 22.2 Å². The van der Waals surface area contributed by atoms with Crippen LogP contribution in [0.3, 0.4) is 0 Å². The van der Waals surface area contributed by atoms with Gasteiger partial charge in [0.25, 0.3) is 5.91 Å². The predicted molar refractivity (Wildman–Crippen MR) is 117 cm³/mol. The molecule has 1 saturated heterocycles. The Morgan fingerprint density at radius 1 is 1.10 bits per heavy atom. The molecule has 0 radical (unpaired) electrons.